The van der Waals surface area contributed by atoms with Crippen molar-refractivity contribution in [2.75, 3.05) is 13.7 Å². The third kappa shape index (κ3) is 9.87. The third-order valence-electron chi connectivity index (χ3n) is 14.0. The summed E-state index contributed by atoms with van der Waals surface area (Å²) in [7, 11) is 1.49. The lowest BCUT2D eigenvalue weighted by molar-refractivity contribution is -0.340. The maximum atomic E-state index is 14.3. The average Bonchev–Trinajstić information content (AvgIpc) is 3.58. The standard InChI is InChI=1S/C47H62Cl2FNO12/c1-9-23(2)39-26(5)15-16-46(63-39)21-31-18-30(62-46)14-13-25(4)38(24(3)11-10-12-29-22-57-41-37(52)27(6)17-33(45(54)59-31)47(29,41)55)60-36-20-35(56-8)40(28(7)58-36)61-44(53)32-19-34(50)43(49)51-42(32)48/h10-13,17,19,23-24,26,28,30-31,33,35-41,52,55H,9,14-16,18,20-22H2,1-8H3/b11-10+,25-13+,29-12+/t23?,24-,26-,28-,30+,31-,33-,35-,36-,37+,38-,39+,40-,41+,46+,47+/m0/s1. The van der Waals surface area contributed by atoms with Gasteiger partial charge in [0.05, 0.1) is 36.6 Å². The van der Waals surface area contributed by atoms with Crippen molar-refractivity contribution in [1.82, 2.24) is 4.98 Å². The fourth-order valence-corrected chi connectivity index (χ4v) is 10.6. The topological polar surface area (TPSA) is 161 Å². The molecule has 0 radical (unpaired) electrons. The van der Waals surface area contributed by atoms with Gasteiger partial charge >= 0.3 is 11.9 Å². The van der Waals surface area contributed by atoms with E-state index in [-0.39, 0.29) is 47.8 Å². The summed E-state index contributed by atoms with van der Waals surface area (Å²) in [5.74, 6) is -4.18. The lowest BCUT2D eigenvalue weighted by Gasteiger charge is -2.51. The van der Waals surface area contributed by atoms with Gasteiger partial charge in [-0.25, -0.2) is 14.2 Å². The van der Waals surface area contributed by atoms with E-state index in [0.717, 1.165) is 24.5 Å². The monoisotopic (exact) mass is 921 g/mol. The van der Waals surface area contributed by atoms with Gasteiger partial charge < -0.3 is 48.1 Å². The quantitative estimate of drug-likeness (QED) is 0.155. The van der Waals surface area contributed by atoms with Crippen LogP contribution in [0.15, 0.2) is 53.2 Å². The van der Waals surface area contributed by atoms with E-state index < -0.39 is 89.2 Å². The molecule has 6 aliphatic rings. The van der Waals surface area contributed by atoms with Crippen LogP contribution in [0.2, 0.25) is 10.3 Å². The molecule has 1 aromatic rings. The molecule has 0 aromatic carbocycles. The Kier molecular flexibility index (Phi) is 15.0. The van der Waals surface area contributed by atoms with Crippen molar-refractivity contribution < 1.29 is 62.1 Å². The number of pyridine rings is 1. The van der Waals surface area contributed by atoms with Crippen LogP contribution >= 0.6 is 23.2 Å². The molecular formula is C47H62Cl2FNO12. The maximum Gasteiger partial charge on any atom is 0.341 e. The number of hydrogen-bond donors (Lipinski definition) is 2. The molecule has 1 spiro atoms. The van der Waals surface area contributed by atoms with Gasteiger partial charge in [-0.1, -0.05) is 87.7 Å². The van der Waals surface area contributed by atoms with Gasteiger partial charge in [-0.3, -0.25) is 4.79 Å². The highest BCUT2D eigenvalue weighted by molar-refractivity contribution is 6.34. The Morgan fingerprint density at radius 3 is 2.60 bits per heavy atom. The van der Waals surface area contributed by atoms with E-state index in [1.165, 1.54) is 7.11 Å². The van der Waals surface area contributed by atoms with E-state index in [1.807, 2.05) is 19.9 Å². The Labute approximate surface area is 379 Å². The first-order chi connectivity index (χ1) is 29.9. The van der Waals surface area contributed by atoms with Crippen molar-refractivity contribution in [2.24, 2.45) is 23.7 Å². The van der Waals surface area contributed by atoms with Crippen molar-refractivity contribution >= 4 is 35.1 Å². The van der Waals surface area contributed by atoms with Gasteiger partial charge in [0, 0.05) is 38.7 Å². The minimum absolute atomic E-state index is 0.000187. The summed E-state index contributed by atoms with van der Waals surface area (Å²) in [6, 6.07) is 0.878. The van der Waals surface area contributed by atoms with Gasteiger partial charge in [-0.2, -0.15) is 0 Å². The molecule has 1 aromatic heterocycles. The number of halogens is 3. The van der Waals surface area contributed by atoms with E-state index in [4.69, 9.17) is 61.1 Å². The average molecular weight is 923 g/mol. The molecule has 6 heterocycles. The molecule has 0 amide bonds. The number of aromatic nitrogens is 1. The molecule has 13 nitrogen and oxygen atoms in total. The smallest absolute Gasteiger partial charge is 0.341 e. The minimum Gasteiger partial charge on any atom is -0.462 e. The van der Waals surface area contributed by atoms with Gasteiger partial charge in [-0.15, -0.1) is 0 Å². The fraction of sp³-hybridized carbons (Fsp3) is 0.681. The summed E-state index contributed by atoms with van der Waals surface area (Å²) in [5, 5.41) is 22.9. The maximum absolute atomic E-state index is 14.3. The second-order valence-electron chi connectivity index (χ2n) is 18.4. The van der Waals surface area contributed by atoms with Crippen molar-refractivity contribution in [1.29, 1.82) is 0 Å². The number of rotatable bonds is 7. The predicted molar refractivity (Wildman–Crippen MR) is 230 cm³/mol. The second-order valence-corrected chi connectivity index (χ2v) is 19.2. The predicted octanol–water partition coefficient (Wildman–Crippen LogP) is 7.77. The SMILES string of the molecule is CCC(C)[C@H]1O[C@]2(CC[C@@H]1C)C[C@@H]1C[C@@H](C/C=C(\C)[C@@H](O[C@H]3C[C@H](OC)[C@@H](OC(=O)c4cc(F)c(Cl)nc4Cl)[C@H](C)O3)[C@@H](C)/C=C/C=C3\CO[C@@H]4[C@H](O)C(C)=C[C@@H](C(=O)O1)[C@]34O)O2. The highest BCUT2D eigenvalue weighted by atomic mass is 35.5. The van der Waals surface area contributed by atoms with Crippen LogP contribution in [0.1, 0.15) is 104 Å². The van der Waals surface area contributed by atoms with Crippen molar-refractivity contribution in [3.8, 4) is 0 Å². The molecule has 5 aliphatic heterocycles. The van der Waals surface area contributed by atoms with Crippen LogP contribution in [-0.4, -0.2) is 113 Å². The zero-order valence-corrected chi connectivity index (χ0v) is 38.8. The van der Waals surface area contributed by atoms with Crippen LogP contribution in [0.5, 0.6) is 0 Å². The van der Waals surface area contributed by atoms with Gasteiger partial charge in [0.15, 0.2) is 29.2 Å². The Morgan fingerprint density at radius 2 is 1.87 bits per heavy atom. The first kappa shape index (κ1) is 48.2. The number of methoxy groups -OCH3 is 1. The van der Waals surface area contributed by atoms with E-state index in [2.05, 4.69) is 31.8 Å². The van der Waals surface area contributed by atoms with E-state index >= 15 is 0 Å². The normalized spacial score (nSPS) is 42.5. The van der Waals surface area contributed by atoms with Gasteiger partial charge in [0.2, 0.25) is 0 Å². The third-order valence-corrected chi connectivity index (χ3v) is 14.6. The Balaban J connectivity index is 1.19. The van der Waals surface area contributed by atoms with Crippen LogP contribution in [0.25, 0.3) is 0 Å². The molecule has 63 heavy (non-hydrogen) atoms. The van der Waals surface area contributed by atoms with Crippen LogP contribution in [0, 0.1) is 29.5 Å². The molecular weight excluding hydrogens is 860 g/mol. The molecule has 16 heteroatoms. The minimum atomic E-state index is -1.86. The zero-order chi connectivity index (χ0) is 45.5. The largest absolute Gasteiger partial charge is 0.462 e. The van der Waals surface area contributed by atoms with Crippen LogP contribution < -0.4 is 0 Å². The zero-order valence-electron chi connectivity index (χ0n) is 37.3. The lowest BCUT2D eigenvalue weighted by atomic mass is 9.71. The summed E-state index contributed by atoms with van der Waals surface area (Å²) in [4.78, 5) is 31.2. The number of carbonyl (C=O) groups is 2. The van der Waals surface area contributed by atoms with Crippen LogP contribution in [0.3, 0.4) is 0 Å². The molecule has 4 saturated heterocycles. The number of carbonyl (C=O) groups excluding carboxylic acids is 2. The fourth-order valence-electron chi connectivity index (χ4n) is 10.2. The summed E-state index contributed by atoms with van der Waals surface area (Å²) in [5.41, 5.74) is -0.299. The highest BCUT2D eigenvalue weighted by Gasteiger charge is 2.60. The first-order valence-corrected chi connectivity index (χ1v) is 23.0. The summed E-state index contributed by atoms with van der Waals surface area (Å²) < 4.78 is 65.3. The number of aliphatic hydroxyl groups is 2. The summed E-state index contributed by atoms with van der Waals surface area (Å²) in [6.45, 7) is 14.0. The van der Waals surface area contributed by atoms with Gasteiger partial charge in [0.25, 0.3) is 0 Å². The Bertz CT molecular complexity index is 1990. The summed E-state index contributed by atoms with van der Waals surface area (Å²) in [6.07, 6.45) is 6.18. The van der Waals surface area contributed by atoms with E-state index in [9.17, 15) is 24.2 Å². The number of ether oxygens (including phenoxy) is 8. The number of hydrogen-bond acceptors (Lipinski definition) is 13. The molecule has 4 fully saturated rings. The van der Waals surface area contributed by atoms with Crippen molar-refractivity contribution in [3.63, 3.8) is 0 Å². The number of nitrogens with zero attached hydrogens (tertiary/aromatic N) is 1. The lowest BCUT2D eigenvalue weighted by Crippen LogP contribution is -2.58. The number of aliphatic hydroxyl groups excluding tert-OH is 1. The van der Waals surface area contributed by atoms with Crippen LogP contribution in [0.4, 0.5) is 4.39 Å². The van der Waals surface area contributed by atoms with E-state index in [0.29, 0.717) is 42.7 Å². The molecule has 1 aliphatic carbocycles. The first-order valence-electron chi connectivity index (χ1n) is 22.2. The Hall–Kier alpha value is -2.76. The molecule has 7 rings (SSSR count). The molecule has 2 N–H and O–H groups in total. The second kappa shape index (κ2) is 19.6. The summed E-state index contributed by atoms with van der Waals surface area (Å²) >= 11 is 11.9. The Morgan fingerprint density at radius 1 is 1.11 bits per heavy atom. The molecule has 1 unspecified atom stereocenters. The highest BCUT2D eigenvalue weighted by Crippen LogP contribution is 2.48. The number of fused-ring (bicyclic) bond motifs is 2. The van der Waals surface area contributed by atoms with Gasteiger partial charge in [0.1, 0.15) is 41.1 Å². The number of esters is 2. The van der Waals surface area contributed by atoms with Crippen molar-refractivity contribution in [2.45, 2.75) is 166 Å². The molecule has 0 saturated carbocycles. The number of allylic oxidation sites excluding steroid dienone is 2. The van der Waals surface area contributed by atoms with Gasteiger partial charge in [-0.05, 0) is 68.2 Å². The van der Waals surface area contributed by atoms with Crippen molar-refractivity contribution in [3.05, 3.63) is 74.9 Å². The van der Waals surface area contributed by atoms with E-state index in [1.54, 1.807) is 32.1 Å². The molecule has 2 bridgehead atoms. The molecule has 16 atom stereocenters. The van der Waals surface area contributed by atoms with Crippen LogP contribution in [-0.2, 0) is 42.7 Å². The molecule has 348 valence electrons.